The van der Waals surface area contributed by atoms with Crippen molar-refractivity contribution >= 4 is 11.6 Å². The minimum atomic E-state index is -0.252. The van der Waals surface area contributed by atoms with Gasteiger partial charge in [0.25, 0.3) is 0 Å². The summed E-state index contributed by atoms with van der Waals surface area (Å²) in [5, 5.41) is 13.1. The fraction of sp³-hybridized carbons (Fsp3) is 0.692. The standard InChI is InChI=1S/C13H22N4O/c1-9-3-5-13(7-18,6-4-9)17-12-10(2)11(14)15-8-16-12/h8-9,18H,3-7H2,1-2H3,(H3,14,15,16,17). The highest BCUT2D eigenvalue weighted by molar-refractivity contribution is 5.55. The Morgan fingerprint density at radius 2 is 2.11 bits per heavy atom. The molecule has 1 fully saturated rings. The zero-order valence-electron chi connectivity index (χ0n) is 11.1. The Hall–Kier alpha value is -1.36. The van der Waals surface area contributed by atoms with Crippen LogP contribution < -0.4 is 11.1 Å². The molecule has 0 aliphatic heterocycles. The number of aliphatic hydroxyl groups is 1. The number of nitrogens with one attached hydrogen (secondary N) is 1. The summed E-state index contributed by atoms with van der Waals surface area (Å²) in [6.45, 7) is 4.28. The summed E-state index contributed by atoms with van der Waals surface area (Å²) in [5.41, 5.74) is 6.38. The van der Waals surface area contributed by atoms with Crippen LogP contribution in [0.2, 0.25) is 0 Å². The van der Waals surface area contributed by atoms with Crippen LogP contribution in [0.4, 0.5) is 11.6 Å². The number of anilines is 2. The van der Waals surface area contributed by atoms with Crippen LogP contribution in [0.25, 0.3) is 0 Å². The second kappa shape index (κ2) is 5.10. The molecule has 1 saturated carbocycles. The van der Waals surface area contributed by atoms with Gasteiger partial charge in [-0.05, 0) is 38.5 Å². The van der Waals surface area contributed by atoms with E-state index in [9.17, 15) is 5.11 Å². The van der Waals surface area contributed by atoms with Crippen molar-refractivity contribution in [1.29, 1.82) is 0 Å². The Bertz CT molecular complexity index is 413. The number of aromatic nitrogens is 2. The predicted molar refractivity (Wildman–Crippen MR) is 72.3 cm³/mol. The van der Waals surface area contributed by atoms with E-state index < -0.39 is 0 Å². The number of hydrogen-bond donors (Lipinski definition) is 3. The minimum Gasteiger partial charge on any atom is -0.394 e. The quantitative estimate of drug-likeness (QED) is 0.760. The van der Waals surface area contributed by atoms with E-state index in [4.69, 9.17) is 5.73 Å². The van der Waals surface area contributed by atoms with Gasteiger partial charge in [-0.25, -0.2) is 9.97 Å². The Labute approximate surface area is 108 Å². The molecule has 0 saturated heterocycles. The Morgan fingerprint density at radius 1 is 1.44 bits per heavy atom. The van der Waals surface area contributed by atoms with Crippen LogP contribution in [0, 0.1) is 12.8 Å². The molecule has 100 valence electrons. The van der Waals surface area contributed by atoms with Crippen molar-refractivity contribution in [1.82, 2.24) is 9.97 Å². The van der Waals surface area contributed by atoms with Crippen molar-refractivity contribution in [3.05, 3.63) is 11.9 Å². The zero-order chi connectivity index (χ0) is 13.2. The molecule has 0 radical (unpaired) electrons. The molecule has 1 aliphatic carbocycles. The number of nitrogens with zero attached hydrogens (tertiary/aromatic N) is 2. The third-order valence-electron chi connectivity index (χ3n) is 4.04. The minimum absolute atomic E-state index is 0.128. The molecule has 0 atom stereocenters. The first kappa shape index (κ1) is 13.1. The van der Waals surface area contributed by atoms with Gasteiger partial charge in [-0.1, -0.05) is 6.92 Å². The van der Waals surface area contributed by atoms with Crippen LogP contribution in [0.5, 0.6) is 0 Å². The molecule has 1 aromatic rings. The average Bonchev–Trinajstić information content (AvgIpc) is 2.38. The van der Waals surface area contributed by atoms with Crippen molar-refractivity contribution in [3.63, 3.8) is 0 Å². The molecule has 0 spiro atoms. The lowest BCUT2D eigenvalue weighted by molar-refractivity contribution is 0.155. The Morgan fingerprint density at radius 3 is 2.72 bits per heavy atom. The summed E-state index contributed by atoms with van der Waals surface area (Å²) >= 11 is 0. The highest BCUT2D eigenvalue weighted by Crippen LogP contribution is 2.34. The van der Waals surface area contributed by atoms with Gasteiger partial charge in [0.2, 0.25) is 0 Å². The summed E-state index contributed by atoms with van der Waals surface area (Å²) in [4.78, 5) is 8.19. The molecule has 1 aromatic heterocycles. The van der Waals surface area contributed by atoms with Gasteiger partial charge in [0.15, 0.2) is 0 Å². The number of hydrogen-bond acceptors (Lipinski definition) is 5. The average molecular weight is 250 g/mol. The van der Waals surface area contributed by atoms with Crippen molar-refractivity contribution in [2.24, 2.45) is 5.92 Å². The van der Waals surface area contributed by atoms with Gasteiger partial charge in [0.05, 0.1) is 12.1 Å². The lowest BCUT2D eigenvalue weighted by Crippen LogP contribution is -2.45. The van der Waals surface area contributed by atoms with Crippen LogP contribution in [0.3, 0.4) is 0 Å². The SMILES string of the molecule is Cc1c(N)ncnc1NC1(CO)CCC(C)CC1. The van der Waals surface area contributed by atoms with E-state index in [0.29, 0.717) is 5.82 Å². The molecule has 0 unspecified atom stereocenters. The first-order valence-electron chi connectivity index (χ1n) is 6.52. The van der Waals surface area contributed by atoms with Gasteiger partial charge in [-0.2, -0.15) is 0 Å². The number of nitrogen functional groups attached to an aromatic ring is 1. The second-order valence-electron chi connectivity index (χ2n) is 5.48. The highest BCUT2D eigenvalue weighted by Gasteiger charge is 2.34. The molecule has 0 bridgehead atoms. The topological polar surface area (TPSA) is 84.1 Å². The third kappa shape index (κ3) is 2.56. The molecule has 1 heterocycles. The van der Waals surface area contributed by atoms with E-state index in [1.54, 1.807) is 0 Å². The Balaban J connectivity index is 2.17. The van der Waals surface area contributed by atoms with E-state index in [0.717, 1.165) is 43.0 Å². The van der Waals surface area contributed by atoms with Crippen molar-refractivity contribution in [2.45, 2.75) is 45.1 Å². The molecule has 0 amide bonds. The number of nitrogens with two attached hydrogens (primary N) is 1. The van der Waals surface area contributed by atoms with E-state index in [1.807, 2.05) is 6.92 Å². The third-order valence-corrected chi connectivity index (χ3v) is 4.04. The summed E-state index contributed by atoms with van der Waals surface area (Å²) in [7, 11) is 0. The molecule has 4 N–H and O–H groups in total. The zero-order valence-corrected chi connectivity index (χ0v) is 11.1. The molecule has 5 nitrogen and oxygen atoms in total. The molecular weight excluding hydrogens is 228 g/mol. The van der Waals surface area contributed by atoms with E-state index in [2.05, 4.69) is 22.2 Å². The van der Waals surface area contributed by atoms with Gasteiger partial charge in [-0.15, -0.1) is 0 Å². The maximum atomic E-state index is 9.71. The van der Waals surface area contributed by atoms with Gasteiger partial charge < -0.3 is 16.2 Å². The second-order valence-corrected chi connectivity index (χ2v) is 5.48. The monoisotopic (exact) mass is 250 g/mol. The summed E-state index contributed by atoms with van der Waals surface area (Å²) in [6.07, 6.45) is 5.66. The summed E-state index contributed by atoms with van der Waals surface area (Å²) < 4.78 is 0. The van der Waals surface area contributed by atoms with Gasteiger partial charge in [0, 0.05) is 5.56 Å². The van der Waals surface area contributed by atoms with Crippen LogP contribution in [-0.4, -0.2) is 27.2 Å². The maximum Gasteiger partial charge on any atom is 0.134 e. The molecule has 18 heavy (non-hydrogen) atoms. The van der Waals surface area contributed by atoms with E-state index in [1.165, 1.54) is 6.33 Å². The van der Waals surface area contributed by atoms with Crippen LogP contribution in [-0.2, 0) is 0 Å². The van der Waals surface area contributed by atoms with E-state index >= 15 is 0 Å². The summed E-state index contributed by atoms with van der Waals surface area (Å²) in [5.74, 6) is 1.97. The number of rotatable bonds is 3. The lowest BCUT2D eigenvalue weighted by Gasteiger charge is -2.39. The Kier molecular flexibility index (Phi) is 3.71. The summed E-state index contributed by atoms with van der Waals surface area (Å²) in [6, 6.07) is 0. The molecule has 5 heteroatoms. The van der Waals surface area contributed by atoms with Crippen LogP contribution in [0.1, 0.15) is 38.2 Å². The fourth-order valence-electron chi connectivity index (χ4n) is 2.48. The lowest BCUT2D eigenvalue weighted by atomic mass is 9.77. The molecule has 2 rings (SSSR count). The van der Waals surface area contributed by atoms with Crippen molar-refractivity contribution < 1.29 is 5.11 Å². The molecular formula is C13H22N4O. The maximum absolute atomic E-state index is 9.71. The van der Waals surface area contributed by atoms with Crippen LogP contribution in [0.15, 0.2) is 6.33 Å². The van der Waals surface area contributed by atoms with Crippen LogP contribution >= 0.6 is 0 Å². The highest BCUT2D eigenvalue weighted by atomic mass is 16.3. The van der Waals surface area contributed by atoms with Gasteiger partial charge in [0.1, 0.15) is 18.0 Å². The molecule has 1 aliphatic rings. The number of aliphatic hydroxyl groups excluding tert-OH is 1. The first-order valence-corrected chi connectivity index (χ1v) is 6.52. The smallest absolute Gasteiger partial charge is 0.134 e. The normalized spacial score (nSPS) is 28.1. The largest absolute Gasteiger partial charge is 0.394 e. The van der Waals surface area contributed by atoms with Gasteiger partial charge in [-0.3, -0.25) is 0 Å². The molecule has 0 aromatic carbocycles. The first-order chi connectivity index (χ1) is 8.56. The fourth-order valence-corrected chi connectivity index (χ4v) is 2.48. The predicted octanol–water partition coefficient (Wildman–Crippen LogP) is 1.72. The van der Waals surface area contributed by atoms with E-state index in [-0.39, 0.29) is 12.1 Å². The van der Waals surface area contributed by atoms with Gasteiger partial charge >= 0.3 is 0 Å². The van der Waals surface area contributed by atoms with Crippen molar-refractivity contribution in [2.75, 3.05) is 17.7 Å². The van der Waals surface area contributed by atoms with Crippen molar-refractivity contribution in [3.8, 4) is 0 Å².